The van der Waals surface area contributed by atoms with E-state index in [4.69, 9.17) is 0 Å². The lowest BCUT2D eigenvalue weighted by Crippen LogP contribution is -2.37. The molecule has 2 heterocycles. The molecule has 0 saturated carbocycles. The van der Waals surface area contributed by atoms with Gasteiger partial charge >= 0.3 is 5.97 Å². The topological polar surface area (TPSA) is 87.6 Å². The van der Waals surface area contributed by atoms with E-state index in [1.807, 2.05) is 6.92 Å². The Balaban J connectivity index is 2.30. The predicted molar refractivity (Wildman–Crippen MR) is 72.5 cm³/mol. The van der Waals surface area contributed by atoms with Gasteiger partial charge in [-0.2, -0.15) is 4.31 Å². The Bertz CT molecular complexity index is 649. The molecule has 1 aliphatic heterocycles. The number of rotatable bonds is 5. The van der Waals surface area contributed by atoms with Gasteiger partial charge in [-0.15, -0.1) is 0 Å². The van der Waals surface area contributed by atoms with E-state index in [0.29, 0.717) is 12.8 Å². The lowest BCUT2D eigenvalue weighted by Gasteiger charge is -2.24. The third-order valence-electron chi connectivity index (χ3n) is 3.82. The Morgan fingerprint density at radius 3 is 2.81 bits per heavy atom. The number of pyridine rings is 1. The molecule has 1 unspecified atom stereocenters. The van der Waals surface area contributed by atoms with Crippen molar-refractivity contribution in [1.82, 2.24) is 9.29 Å². The fraction of sp³-hybridized carbons (Fsp3) is 0.538. The monoisotopic (exact) mass is 316 g/mol. The largest absolute Gasteiger partial charge is 0.481 e. The summed E-state index contributed by atoms with van der Waals surface area (Å²) in [6, 6.07) is 0.892. The number of nitrogens with zero attached hydrogens (tertiary/aromatic N) is 2. The van der Waals surface area contributed by atoms with Gasteiger partial charge in [0.1, 0.15) is 10.7 Å². The van der Waals surface area contributed by atoms with Crippen LogP contribution in [0.1, 0.15) is 26.2 Å². The molecular formula is C13H17FN2O4S. The van der Waals surface area contributed by atoms with Gasteiger partial charge < -0.3 is 5.11 Å². The minimum absolute atomic E-state index is 0.0883. The molecule has 1 aliphatic rings. The maximum absolute atomic E-state index is 13.1. The summed E-state index contributed by atoms with van der Waals surface area (Å²) in [6.45, 7) is 1.89. The first-order valence-corrected chi connectivity index (χ1v) is 8.10. The van der Waals surface area contributed by atoms with Gasteiger partial charge in [0.05, 0.1) is 11.6 Å². The zero-order valence-electron chi connectivity index (χ0n) is 11.6. The van der Waals surface area contributed by atoms with Gasteiger partial charge in [0.25, 0.3) is 0 Å². The third-order valence-corrected chi connectivity index (χ3v) is 5.63. The molecule has 0 radical (unpaired) electrons. The van der Waals surface area contributed by atoms with Crippen LogP contribution in [0.4, 0.5) is 4.39 Å². The van der Waals surface area contributed by atoms with Crippen LogP contribution in [-0.2, 0) is 14.8 Å². The van der Waals surface area contributed by atoms with Crippen LogP contribution in [0.2, 0.25) is 0 Å². The molecule has 0 aromatic carbocycles. The Morgan fingerprint density at radius 2 is 2.24 bits per heavy atom. The molecule has 1 atom stereocenters. The lowest BCUT2D eigenvalue weighted by molar-refractivity contribution is -0.148. The average molecular weight is 316 g/mol. The Kier molecular flexibility index (Phi) is 4.29. The van der Waals surface area contributed by atoms with Gasteiger partial charge in [0, 0.05) is 19.3 Å². The van der Waals surface area contributed by atoms with E-state index in [9.17, 15) is 22.7 Å². The molecule has 0 amide bonds. The third kappa shape index (κ3) is 2.91. The van der Waals surface area contributed by atoms with E-state index in [1.165, 1.54) is 0 Å². The fourth-order valence-corrected chi connectivity index (χ4v) is 4.19. The lowest BCUT2D eigenvalue weighted by atomic mass is 9.83. The zero-order valence-corrected chi connectivity index (χ0v) is 12.4. The van der Waals surface area contributed by atoms with E-state index >= 15 is 0 Å². The van der Waals surface area contributed by atoms with Gasteiger partial charge in [0.15, 0.2) is 0 Å². The number of carboxylic acids is 1. The normalized spacial score (nSPS) is 23.3. The summed E-state index contributed by atoms with van der Waals surface area (Å²) in [7, 11) is -3.92. The quantitative estimate of drug-likeness (QED) is 0.889. The molecule has 0 aliphatic carbocycles. The van der Waals surface area contributed by atoms with E-state index in [0.717, 1.165) is 22.8 Å². The predicted octanol–water partition coefficient (Wildman–Crippen LogP) is 1.49. The summed E-state index contributed by atoms with van der Waals surface area (Å²) < 4.78 is 39.1. The molecule has 1 N–H and O–H groups in total. The number of carbonyl (C=O) groups is 1. The number of carboxylic acid groups (broad SMARTS) is 1. The molecule has 6 nitrogen and oxygen atoms in total. The molecule has 2 rings (SSSR count). The number of halogens is 1. The summed E-state index contributed by atoms with van der Waals surface area (Å²) in [5.41, 5.74) is -1.05. The minimum atomic E-state index is -3.92. The molecule has 1 saturated heterocycles. The first kappa shape index (κ1) is 15.8. The van der Waals surface area contributed by atoms with E-state index in [-0.39, 0.29) is 24.4 Å². The van der Waals surface area contributed by atoms with Crippen LogP contribution in [0.5, 0.6) is 0 Å². The molecule has 1 fully saturated rings. The van der Waals surface area contributed by atoms with E-state index in [1.54, 1.807) is 0 Å². The fourth-order valence-electron chi connectivity index (χ4n) is 2.69. The highest BCUT2D eigenvalue weighted by molar-refractivity contribution is 7.89. The highest BCUT2D eigenvalue weighted by Crippen LogP contribution is 2.38. The number of hydrogen-bond acceptors (Lipinski definition) is 4. The number of sulfonamides is 1. The molecule has 8 heteroatoms. The van der Waals surface area contributed by atoms with Crippen LogP contribution >= 0.6 is 0 Å². The number of hydrogen-bond donors (Lipinski definition) is 1. The van der Waals surface area contributed by atoms with Crippen molar-refractivity contribution in [2.45, 2.75) is 31.1 Å². The highest BCUT2D eigenvalue weighted by Gasteiger charge is 2.47. The molecule has 116 valence electrons. The van der Waals surface area contributed by atoms with Crippen molar-refractivity contribution in [1.29, 1.82) is 0 Å². The second-order valence-corrected chi connectivity index (χ2v) is 7.20. The van der Waals surface area contributed by atoms with Gasteiger partial charge in [-0.1, -0.05) is 13.3 Å². The molecule has 21 heavy (non-hydrogen) atoms. The summed E-state index contributed by atoms with van der Waals surface area (Å²) in [6.07, 6.45) is 3.32. The molecular weight excluding hydrogens is 299 g/mol. The van der Waals surface area contributed by atoms with E-state index < -0.39 is 27.2 Å². The Labute approximate surface area is 122 Å². The molecule has 0 bridgehead atoms. The Morgan fingerprint density at radius 1 is 1.52 bits per heavy atom. The average Bonchev–Trinajstić information content (AvgIpc) is 2.85. The number of aromatic nitrogens is 1. The molecule has 1 aromatic rings. The van der Waals surface area contributed by atoms with Crippen molar-refractivity contribution < 1.29 is 22.7 Å². The maximum Gasteiger partial charge on any atom is 0.311 e. The minimum Gasteiger partial charge on any atom is -0.481 e. The first-order valence-electron chi connectivity index (χ1n) is 6.66. The smallest absolute Gasteiger partial charge is 0.311 e. The van der Waals surface area contributed by atoms with Crippen LogP contribution in [0.3, 0.4) is 0 Å². The second-order valence-electron chi connectivity index (χ2n) is 5.26. The van der Waals surface area contributed by atoms with Crippen molar-refractivity contribution in [3.05, 3.63) is 24.3 Å². The summed E-state index contributed by atoms with van der Waals surface area (Å²) in [4.78, 5) is 14.8. The first-order chi connectivity index (χ1) is 9.82. The summed E-state index contributed by atoms with van der Waals surface area (Å²) in [5.74, 6) is -1.73. The van der Waals surface area contributed by atoms with Crippen LogP contribution in [-0.4, -0.2) is 41.9 Å². The standard InChI is InChI=1S/C13H17FN2O4S/c1-2-3-13(12(17)18)4-5-16(9-13)21(19,20)11-6-10(14)7-15-8-11/h6-8H,2-5,9H2,1H3,(H,17,18). The summed E-state index contributed by atoms with van der Waals surface area (Å²) in [5, 5.41) is 9.40. The van der Waals surface area contributed by atoms with Crippen LogP contribution in [0.25, 0.3) is 0 Å². The zero-order chi connectivity index (χ0) is 15.7. The molecule has 1 aromatic heterocycles. The maximum atomic E-state index is 13.1. The van der Waals surface area contributed by atoms with Crippen LogP contribution < -0.4 is 0 Å². The van der Waals surface area contributed by atoms with Gasteiger partial charge in [-0.25, -0.2) is 12.8 Å². The second kappa shape index (κ2) is 5.69. The van der Waals surface area contributed by atoms with Crippen molar-refractivity contribution in [2.75, 3.05) is 13.1 Å². The van der Waals surface area contributed by atoms with Crippen molar-refractivity contribution >= 4 is 16.0 Å². The van der Waals surface area contributed by atoms with Crippen LogP contribution in [0, 0.1) is 11.2 Å². The van der Waals surface area contributed by atoms with Crippen molar-refractivity contribution in [2.24, 2.45) is 5.41 Å². The summed E-state index contributed by atoms with van der Waals surface area (Å²) >= 11 is 0. The van der Waals surface area contributed by atoms with Gasteiger partial charge in [-0.3, -0.25) is 9.78 Å². The molecule has 0 spiro atoms. The number of aliphatic carboxylic acids is 1. The van der Waals surface area contributed by atoms with Crippen molar-refractivity contribution in [3.8, 4) is 0 Å². The SMILES string of the molecule is CCCC1(C(=O)O)CCN(S(=O)(=O)c2cncc(F)c2)C1. The van der Waals surface area contributed by atoms with Crippen molar-refractivity contribution in [3.63, 3.8) is 0 Å². The Hall–Kier alpha value is -1.54. The highest BCUT2D eigenvalue weighted by atomic mass is 32.2. The van der Waals surface area contributed by atoms with Gasteiger partial charge in [-0.05, 0) is 18.9 Å². The van der Waals surface area contributed by atoms with Gasteiger partial charge in [0.2, 0.25) is 10.0 Å². The van der Waals surface area contributed by atoms with Crippen LogP contribution in [0.15, 0.2) is 23.4 Å². The van der Waals surface area contributed by atoms with E-state index in [2.05, 4.69) is 4.98 Å².